The van der Waals surface area contributed by atoms with Gasteiger partial charge in [-0.15, -0.1) is 10.2 Å². The van der Waals surface area contributed by atoms with Gasteiger partial charge in [-0.2, -0.15) is 5.21 Å². The van der Waals surface area contributed by atoms with E-state index < -0.39 is 0 Å². The lowest BCUT2D eigenvalue weighted by molar-refractivity contribution is 0.307. The molecule has 0 unspecified atom stereocenters. The number of nitrogens with one attached hydrogen (secondary N) is 1. The summed E-state index contributed by atoms with van der Waals surface area (Å²) in [5, 5.41) is 15.9. The van der Waals surface area contributed by atoms with Gasteiger partial charge in [-0.25, -0.2) is 0 Å². The number of rotatable bonds is 13. The van der Waals surface area contributed by atoms with E-state index in [1.54, 1.807) is 0 Å². The lowest BCUT2D eigenvalue weighted by Crippen LogP contribution is -1.98. The third kappa shape index (κ3) is 6.57. The summed E-state index contributed by atoms with van der Waals surface area (Å²) in [6.07, 6.45) is 12.8. The van der Waals surface area contributed by atoms with Crippen LogP contribution in [0.5, 0.6) is 5.75 Å². The van der Waals surface area contributed by atoms with Gasteiger partial charge in [0.2, 0.25) is 0 Å². The quantitative estimate of drug-likeness (QED) is 0.137. The van der Waals surface area contributed by atoms with Gasteiger partial charge < -0.3 is 9.30 Å². The van der Waals surface area contributed by atoms with Crippen molar-refractivity contribution in [2.24, 2.45) is 0 Å². The van der Waals surface area contributed by atoms with E-state index in [1.807, 2.05) is 0 Å². The number of fused-ring (bicyclic) bond motifs is 1. The largest absolute Gasteiger partial charge is 0.494 e. The highest BCUT2D eigenvalue weighted by molar-refractivity contribution is 5.94. The summed E-state index contributed by atoms with van der Waals surface area (Å²) in [7, 11) is 0. The molecule has 6 nitrogen and oxygen atoms in total. The minimum atomic E-state index is 0.647. The maximum atomic E-state index is 5.97. The van der Waals surface area contributed by atoms with Gasteiger partial charge in [0, 0.05) is 30.1 Å². The first-order chi connectivity index (χ1) is 18.8. The van der Waals surface area contributed by atoms with Crippen molar-refractivity contribution in [1.29, 1.82) is 0 Å². The second-order valence-electron chi connectivity index (χ2n) is 9.64. The highest BCUT2D eigenvalue weighted by atomic mass is 16.5. The van der Waals surface area contributed by atoms with Gasteiger partial charge in [0.1, 0.15) is 5.75 Å². The molecule has 38 heavy (non-hydrogen) atoms. The number of unbranched alkanes of at least 4 members (excludes halogenated alkanes) is 2. The van der Waals surface area contributed by atoms with Gasteiger partial charge in [-0.05, 0) is 66.1 Å². The van der Waals surface area contributed by atoms with E-state index in [1.165, 1.54) is 27.6 Å². The minimum absolute atomic E-state index is 0.647. The van der Waals surface area contributed by atoms with E-state index in [-0.39, 0.29) is 0 Å². The number of aryl methyl sites for hydroxylation is 2. The number of aromatic nitrogens is 5. The van der Waals surface area contributed by atoms with Crippen LogP contribution in [0, 0.1) is 0 Å². The van der Waals surface area contributed by atoms with Crippen molar-refractivity contribution in [2.75, 3.05) is 6.61 Å². The predicted molar refractivity (Wildman–Crippen MR) is 154 cm³/mol. The number of aromatic amines is 1. The number of nitrogens with zero attached hydrogens (tertiary/aromatic N) is 4. The fourth-order valence-electron chi connectivity index (χ4n) is 4.81. The average molecular weight is 506 g/mol. The molecule has 0 saturated heterocycles. The lowest BCUT2D eigenvalue weighted by atomic mass is 10.0. The fourth-order valence-corrected chi connectivity index (χ4v) is 4.81. The molecular weight excluding hydrogens is 470 g/mol. The van der Waals surface area contributed by atoms with Crippen LogP contribution in [0.25, 0.3) is 23.1 Å². The lowest BCUT2D eigenvalue weighted by Gasteiger charge is -2.07. The van der Waals surface area contributed by atoms with Crippen LogP contribution in [0.1, 0.15) is 60.7 Å². The molecule has 0 aliphatic rings. The first kappa shape index (κ1) is 25.5. The van der Waals surface area contributed by atoms with Gasteiger partial charge >= 0.3 is 0 Å². The minimum Gasteiger partial charge on any atom is -0.494 e. The van der Waals surface area contributed by atoms with Crippen molar-refractivity contribution in [3.63, 3.8) is 0 Å². The molecule has 0 saturated carbocycles. The monoisotopic (exact) mass is 505 g/mol. The van der Waals surface area contributed by atoms with E-state index in [0.717, 1.165) is 56.6 Å². The van der Waals surface area contributed by atoms with Gasteiger partial charge in [-0.1, -0.05) is 85.3 Å². The van der Waals surface area contributed by atoms with Crippen molar-refractivity contribution in [3.8, 4) is 5.75 Å². The Morgan fingerprint density at radius 1 is 0.895 bits per heavy atom. The summed E-state index contributed by atoms with van der Waals surface area (Å²) in [6.45, 7) is 3.96. The van der Waals surface area contributed by atoms with Crippen molar-refractivity contribution < 1.29 is 4.74 Å². The summed E-state index contributed by atoms with van der Waals surface area (Å²) >= 11 is 0. The van der Waals surface area contributed by atoms with Crippen LogP contribution in [0.2, 0.25) is 0 Å². The molecule has 5 aromatic rings. The Balaban J connectivity index is 1.24. The van der Waals surface area contributed by atoms with E-state index in [4.69, 9.17) is 4.74 Å². The second kappa shape index (κ2) is 12.9. The Labute approximate surface area is 224 Å². The topological polar surface area (TPSA) is 68.6 Å². The zero-order chi connectivity index (χ0) is 26.0. The Morgan fingerprint density at radius 2 is 1.76 bits per heavy atom. The molecule has 0 fully saturated rings. The molecule has 0 spiro atoms. The van der Waals surface area contributed by atoms with Crippen molar-refractivity contribution in [2.45, 2.75) is 52.0 Å². The SMILES string of the molecule is CCCCn1cc(Cc2nn[nH]n2)c2c(/C=C/c3ccc(OCCCCc4ccccc4)cc3)cccc21. The second-order valence-corrected chi connectivity index (χ2v) is 9.64. The molecule has 194 valence electrons. The molecule has 6 heteroatoms. The smallest absolute Gasteiger partial charge is 0.178 e. The maximum absolute atomic E-state index is 5.97. The number of ether oxygens (including phenoxy) is 1. The van der Waals surface area contributed by atoms with E-state index in [2.05, 4.69) is 123 Å². The van der Waals surface area contributed by atoms with Gasteiger partial charge in [0.05, 0.1) is 6.61 Å². The molecule has 1 N–H and O–H groups in total. The molecule has 0 radical (unpaired) electrons. The number of benzene rings is 3. The van der Waals surface area contributed by atoms with Crippen molar-refractivity contribution in [3.05, 3.63) is 107 Å². The molecule has 2 aromatic heterocycles. The predicted octanol–water partition coefficient (Wildman–Crippen LogP) is 7.12. The highest BCUT2D eigenvalue weighted by Crippen LogP contribution is 2.29. The van der Waals surface area contributed by atoms with Gasteiger partial charge in [-0.3, -0.25) is 0 Å². The third-order valence-corrected chi connectivity index (χ3v) is 6.81. The Kier molecular flexibility index (Phi) is 8.62. The molecule has 0 bridgehead atoms. The number of H-pyrrole nitrogens is 1. The van der Waals surface area contributed by atoms with Crippen molar-refractivity contribution >= 4 is 23.1 Å². The van der Waals surface area contributed by atoms with Crippen molar-refractivity contribution in [1.82, 2.24) is 25.2 Å². The van der Waals surface area contributed by atoms with E-state index in [9.17, 15) is 0 Å². The molecule has 0 atom stereocenters. The standard InChI is InChI=1S/C32H35N5O/c1-2-3-21-37-24-28(23-31-33-35-36-34-31)32-27(13-9-14-30(32)37)18-15-26-16-19-29(20-17-26)38-22-8-7-12-25-10-5-4-6-11-25/h4-6,9-11,13-20,24H,2-3,7-8,12,21-23H2,1H3,(H,33,34,35,36)/b18-15+. The Morgan fingerprint density at radius 3 is 2.55 bits per heavy atom. The maximum Gasteiger partial charge on any atom is 0.178 e. The van der Waals surface area contributed by atoms with Crippen LogP contribution in [-0.2, 0) is 19.4 Å². The number of hydrogen-bond donors (Lipinski definition) is 1. The normalized spacial score (nSPS) is 11.5. The molecule has 2 heterocycles. The van der Waals surface area contributed by atoms with Crippen LogP contribution in [0.15, 0.2) is 79.0 Å². The number of tetrazole rings is 1. The molecule has 3 aromatic carbocycles. The van der Waals surface area contributed by atoms with Crippen LogP contribution in [0.3, 0.4) is 0 Å². The summed E-state index contributed by atoms with van der Waals surface area (Å²) in [5.74, 6) is 1.62. The highest BCUT2D eigenvalue weighted by Gasteiger charge is 2.13. The van der Waals surface area contributed by atoms with E-state index >= 15 is 0 Å². The molecule has 0 aliphatic heterocycles. The van der Waals surface area contributed by atoms with E-state index in [0.29, 0.717) is 12.2 Å². The summed E-state index contributed by atoms with van der Waals surface area (Å²) < 4.78 is 8.33. The Bertz CT molecular complexity index is 1440. The van der Waals surface area contributed by atoms with Gasteiger partial charge in [0.25, 0.3) is 0 Å². The Hall–Kier alpha value is -4.19. The van der Waals surface area contributed by atoms with Gasteiger partial charge in [0.15, 0.2) is 5.82 Å². The van der Waals surface area contributed by atoms with Crippen LogP contribution < -0.4 is 4.74 Å². The zero-order valence-corrected chi connectivity index (χ0v) is 22.0. The fraction of sp³-hybridized carbons (Fsp3) is 0.281. The molecule has 0 aliphatic carbocycles. The molecule has 0 amide bonds. The average Bonchev–Trinajstić information content (AvgIpc) is 3.60. The van der Waals surface area contributed by atoms with Crippen LogP contribution in [0.4, 0.5) is 0 Å². The summed E-state index contributed by atoms with van der Waals surface area (Å²) in [4.78, 5) is 0. The first-order valence-electron chi connectivity index (χ1n) is 13.6. The molecular formula is C32H35N5O. The summed E-state index contributed by atoms with van der Waals surface area (Å²) in [5.41, 5.74) is 6.18. The zero-order valence-electron chi connectivity index (χ0n) is 22.0. The molecule has 5 rings (SSSR count). The van der Waals surface area contributed by atoms with Crippen LogP contribution in [-0.4, -0.2) is 31.8 Å². The van der Waals surface area contributed by atoms with Crippen LogP contribution >= 0.6 is 0 Å². The summed E-state index contributed by atoms with van der Waals surface area (Å²) in [6, 6.07) is 25.5. The third-order valence-electron chi connectivity index (χ3n) is 6.81. The first-order valence-corrected chi connectivity index (χ1v) is 13.6. The number of hydrogen-bond acceptors (Lipinski definition) is 4.